The Hall–Kier alpha value is -2.82. The molecule has 0 radical (unpaired) electrons. The average molecular weight is 382 g/mol. The van der Waals surface area contributed by atoms with Gasteiger partial charge < -0.3 is 5.11 Å². The number of aromatic hydroxyl groups is 1. The Labute approximate surface area is 159 Å². The summed E-state index contributed by atoms with van der Waals surface area (Å²) < 4.78 is 1.74. The number of aromatic nitrogens is 1. The molecule has 26 heavy (non-hydrogen) atoms. The molecule has 0 spiro atoms. The summed E-state index contributed by atoms with van der Waals surface area (Å²) in [5, 5.41) is 21.0. The predicted octanol–water partition coefficient (Wildman–Crippen LogP) is 7.06. The molecule has 1 aromatic heterocycles. The molecular formula is C20H13Cl2N3O. The first kappa shape index (κ1) is 16.6. The molecule has 0 atom stereocenters. The van der Waals surface area contributed by atoms with Gasteiger partial charge in [-0.3, -0.25) is 4.57 Å². The Kier molecular flexibility index (Phi) is 4.37. The smallest absolute Gasteiger partial charge is 0.225 e. The molecular weight excluding hydrogens is 369 g/mol. The van der Waals surface area contributed by atoms with E-state index in [-0.39, 0.29) is 5.88 Å². The van der Waals surface area contributed by atoms with Crippen LogP contribution in [-0.2, 0) is 0 Å². The summed E-state index contributed by atoms with van der Waals surface area (Å²) >= 11 is 12.0. The molecule has 4 aromatic rings. The number of rotatable bonds is 3. The van der Waals surface area contributed by atoms with Crippen molar-refractivity contribution in [3.05, 3.63) is 82.8 Å². The van der Waals surface area contributed by atoms with Crippen LogP contribution in [0.25, 0.3) is 16.6 Å². The van der Waals surface area contributed by atoms with E-state index in [1.807, 2.05) is 54.6 Å². The third-order valence-corrected chi connectivity index (χ3v) is 4.39. The van der Waals surface area contributed by atoms with Crippen LogP contribution in [-0.4, -0.2) is 9.67 Å². The molecule has 0 aliphatic heterocycles. The fourth-order valence-corrected chi connectivity index (χ4v) is 3.37. The Morgan fingerprint density at radius 3 is 2.15 bits per heavy atom. The van der Waals surface area contributed by atoms with Gasteiger partial charge >= 0.3 is 0 Å². The van der Waals surface area contributed by atoms with E-state index in [1.165, 1.54) is 0 Å². The van der Waals surface area contributed by atoms with Crippen molar-refractivity contribution in [2.45, 2.75) is 0 Å². The number of para-hydroxylation sites is 2. The van der Waals surface area contributed by atoms with E-state index in [2.05, 4.69) is 10.2 Å². The van der Waals surface area contributed by atoms with Crippen molar-refractivity contribution in [2.75, 3.05) is 0 Å². The van der Waals surface area contributed by atoms with Gasteiger partial charge in [-0.1, -0.05) is 59.6 Å². The Balaban J connectivity index is 1.88. The molecule has 4 nitrogen and oxygen atoms in total. The van der Waals surface area contributed by atoms with Crippen molar-refractivity contribution in [3.8, 4) is 11.6 Å². The van der Waals surface area contributed by atoms with Crippen LogP contribution in [0.1, 0.15) is 0 Å². The van der Waals surface area contributed by atoms with Gasteiger partial charge in [-0.2, -0.15) is 5.11 Å². The van der Waals surface area contributed by atoms with Gasteiger partial charge in [0.15, 0.2) is 5.69 Å². The topological polar surface area (TPSA) is 49.9 Å². The van der Waals surface area contributed by atoms with Crippen LogP contribution < -0.4 is 0 Å². The van der Waals surface area contributed by atoms with Gasteiger partial charge in [0.1, 0.15) is 0 Å². The monoisotopic (exact) mass is 381 g/mol. The molecule has 0 amide bonds. The highest BCUT2D eigenvalue weighted by molar-refractivity contribution is 6.35. The van der Waals surface area contributed by atoms with Gasteiger partial charge in [0.05, 0.1) is 11.2 Å². The molecule has 1 N–H and O–H groups in total. The highest BCUT2D eigenvalue weighted by atomic mass is 35.5. The molecule has 1 heterocycles. The largest absolute Gasteiger partial charge is 0.493 e. The summed E-state index contributed by atoms with van der Waals surface area (Å²) in [4.78, 5) is 0. The van der Waals surface area contributed by atoms with Gasteiger partial charge in [0, 0.05) is 21.1 Å². The van der Waals surface area contributed by atoms with Crippen molar-refractivity contribution in [3.63, 3.8) is 0 Å². The first-order chi connectivity index (χ1) is 12.6. The molecule has 0 bridgehead atoms. The zero-order chi connectivity index (χ0) is 18.1. The fourth-order valence-electron chi connectivity index (χ4n) is 2.85. The van der Waals surface area contributed by atoms with Crippen molar-refractivity contribution < 1.29 is 5.11 Å². The lowest BCUT2D eigenvalue weighted by Crippen LogP contribution is -1.91. The van der Waals surface area contributed by atoms with Gasteiger partial charge in [0.2, 0.25) is 5.88 Å². The van der Waals surface area contributed by atoms with E-state index in [1.54, 1.807) is 22.8 Å². The Bertz CT molecular complexity index is 1100. The van der Waals surface area contributed by atoms with Crippen LogP contribution in [0.2, 0.25) is 10.0 Å². The molecule has 0 aliphatic carbocycles. The van der Waals surface area contributed by atoms with E-state index in [0.29, 0.717) is 21.4 Å². The Morgan fingerprint density at radius 2 is 1.42 bits per heavy atom. The van der Waals surface area contributed by atoms with Crippen LogP contribution >= 0.6 is 23.2 Å². The maximum atomic E-state index is 10.8. The molecule has 4 rings (SSSR count). The minimum absolute atomic E-state index is 0.0225. The maximum Gasteiger partial charge on any atom is 0.225 e. The number of hydrogen-bond acceptors (Lipinski definition) is 3. The normalized spacial score (nSPS) is 11.5. The highest BCUT2D eigenvalue weighted by Crippen LogP contribution is 2.41. The molecule has 3 aromatic carbocycles. The number of hydrogen-bond donors (Lipinski definition) is 1. The van der Waals surface area contributed by atoms with E-state index in [9.17, 15) is 5.11 Å². The SMILES string of the molecule is Oc1c(N=Nc2cc(Cl)cc(Cl)c2)c2ccccc2n1-c1ccccc1. The summed E-state index contributed by atoms with van der Waals surface area (Å²) in [6.07, 6.45) is 0. The highest BCUT2D eigenvalue weighted by Gasteiger charge is 2.17. The van der Waals surface area contributed by atoms with Gasteiger partial charge in [-0.25, -0.2) is 0 Å². The van der Waals surface area contributed by atoms with Crippen LogP contribution in [0.15, 0.2) is 83.0 Å². The molecule has 0 aliphatic rings. The predicted molar refractivity (Wildman–Crippen MR) is 106 cm³/mol. The first-order valence-electron chi connectivity index (χ1n) is 7.89. The zero-order valence-corrected chi connectivity index (χ0v) is 15.0. The first-order valence-corrected chi connectivity index (χ1v) is 8.65. The molecule has 6 heteroatoms. The summed E-state index contributed by atoms with van der Waals surface area (Å²) in [5.41, 5.74) is 2.58. The van der Waals surface area contributed by atoms with Crippen molar-refractivity contribution in [1.82, 2.24) is 4.57 Å². The summed E-state index contributed by atoms with van der Waals surface area (Å²) in [7, 11) is 0. The van der Waals surface area contributed by atoms with Crippen LogP contribution in [0.5, 0.6) is 5.88 Å². The standard InChI is InChI=1S/C20H13Cl2N3O/c21-13-10-14(22)12-15(11-13)23-24-19-17-8-4-5-9-18(17)25(20(19)26)16-6-2-1-3-7-16/h1-12,26H. The second kappa shape index (κ2) is 6.83. The molecule has 0 fully saturated rings. The van der Waals surface area contributed by atoms with E-state index >= 15 is 0 Å². The van der Waals surface area contributed by atoms with Gasteiger partial charge in [0.25, 0.3) is 0 Å². The number of nitrogens with zero attached hydrogens (tertiary/aromatic N) is 3. The van der Waals surface area contributed by atoms with E-state index in [4.69, 9.17) is 23.2 Å². The third kappa shape index (κ3) is 3.05. The third-order valence-electron chi connectivity index (χ3n) is 3.95. The molecule has 128 valence electrons. The summed E-state index contributed by atoms with van der Waals surface area (Å²) in [5.74, 6) is 0.0225. The Morgan fingerprint density at radius 1 is 0.769 bits per heavy atom. The second-order valence-corrected chi connectivity index (χ2v) is 6.56. The maximum absolute atomic E-state index is 10.8. The molecule has 0 saturated heterocycles. The molecule has 0 saturated carbocycles. The summed E-state index contributed by atoms with van der Waals surface area (Å²) in [6, 6.07) is 22.2. The quantitative estimate of drug-likeness (QED) is 0.379. The lowest BCUT2D eigenvalue weighted by molar-refractivity contribution is 0.446. The van der Waals surface area contributed by atoms with Gasteiger partial charge in [-0.15, -0.1) is 5.11 Å². The van der Waals surface area contributed by atoms with Crippen LogP contribution in [0.3, 0.4) is 0 Å². The summed E-state index contributed by atoms with van der Waals surface area (Å²) in [6.45, 7) is 0. The van der Waals surface area contributed by atoms with Crippen LogP contribution in [0, 0.1) is 0 Å². The van der Waals surface area contributed by atoms with E-state index in [0.717, 1.165) is 16.6 Å². The van der Waals surface area contributed by atoms with Gasteiger partial charge in [-0.05, 0) is 36.4 Å². The van der Waals surface area contributed by atoms with Crippen molar-refractivity contribution in [1.29, 1.82) is 0 Å². The lowest BCUT2D eigenvalue weighted by atomic mass is 10.2. The van der Waals surface area contributed by atoms with Crippen LogP contribution in [0.4, 0.5) is 11.4 Å². The fraction of sp³-hybridized carbons (Fsp3) is 0. The van der Waals surface area contributed by atoms with E-state index < -0.39 is 0 Å². The second-order valence-electron chi connectivity index (χ2n) is 5.69. The number of benzene rings is 3. The number of azo groups is 1. The zero-order valence-electron chi connectivity index (χ0n) is 13.5. The minimum atomic E-state index is 0.0225. The molecule has 0 unspecified atom stereocenters. The van der Waals surface area contributed by atoms with Crippen molar-refractivity contribution >= 4 is 45.5 Å². The average Bonchev–Trinajstić information content (AvgIpc) is 2.91. The minimum Gasteiger partial charge on any atom is -0.493 e. The number of fused-ring (bicyclic) bond motifs is 1. The van der Waals surface area contributed by atoms with Crippen molar-refractivity contribution in [2.24, 2.45) is 10.2 Å². The lowest BCUT2D eigenvalue weighted by Gasteiger charge is -2.06. The number of halogens is 2.